The minimum absolute atomic E-state index is 0. The van der Waals surface area contributed by atoms with Gasteiger partial charge in [0.25, 0.3) is 0 Å². The quantitative estimate of drug-likeness (QED) is 0.229. The topological polar surface area (TPSA) is 60.0 Å². The minimum Gasteiger partial charge on any atom is -0.356 e. The highest BCUT2D eigenvalue weighted by molar-refractivity contribution is 14.0. The van der Waals surface area contributed by atoms with Gasteiger partial charge in [-0.1, -0.05) is 6.92 Å². The Labute approximate surface area is 165 Å². The molecule has 0 rings (SSSR count). The van der Waals surface area contributed by atoms with Crippen molar-refractivity contribution in [2.24, 2.45) is 4.99 Å². The maximum Gasteiger partial charge on any atom is 0.243 e. The molecule has 0 fully saturated rings. The fourth-order valence-electron chi connectivity index (χ4n) is 2.29. The van der Waals surface area contributed by atoms with Crippen LogP contribution in [-0.2, 0) is 4.79 Å². The Kier molecular flexibility index (Phi) is 15.8. The Morgan fingerprint density at radius 1 is 1.04 bits per heavy atom. The average Bonchev–Trinajstić information content (AvgIpc) is 2.47. The zero-order chi connectivity index (χ0) is 17.8. The van der Waals surface area contributed by atoms with Gasteiger partial charge in [-0.3, -0.25) is 9.69 Å². The van der Waals surface area contributed by atoms with Crippen molar-refractivity contribution >= 4 is 35.8 Å². The summed E-state index contributed by atoms with van der Waals surface area (Å²) >= 11 is 0. The molecule has 0 aromatic carbocycles. The second kappa shape index (κ2) is 14.7. The number of nitrogens with zero attached hydrogens (tertiary/aromatic N) is 3. The molecule has 0 spiro atoms. The highest BCUT2D eigenvalue weighted by atomic mass is 127. The van der Waals surface area contributed by atoms with Crippen LogP contribution < -0.4 is 10.6 Å². The molecule has 0 radical (unpaired) electrons. The number of carbonyl (C=O) groups excluding carboxylic acids is 1. The summed E-state index contributed by atoms with van der Waals surface area (Å²) in [6, 6.07) is 1.11. The Balaban J connectivity index is 0. The number of likely N-dealkylation sites (N-methyl/N-ethyl adjacent to an activating group) is 1. The van der Waals surface area contributed by atoms with E-state index >= 15 is 0 Å². The van der Waals surface area contributed by atoms with E-state index in [2.05, 4.69) is 55.1 Å². The number of carbonyl (C=O) groups is 1. The van der Waals surface area contributed by atoms with Crippen molar-refractivity contribution in [1.29, 1.82) is 0 Å². The first-order valence-electron chi connectivity index (χ1n) is 8.77. The summed E-state index contributed by atoms with van der Waals surface area (Å²) in [6.45, 7) is 14.0. The van der Waals surface area contributed by atoms with Crippen molar-refractivity contribution in [2.75, 3.05) is 40.3 Å². The average molecular weight is 455 g/mol. The molecule has 0 saturated carbocycles. The van der Waals surface area contributed by atoms with Crippen molar-refractivity contribution in [3.05, 3.63) is 0 Å². The van der Waals surface area contributed by atoms with Crippen molar-refractivity contribution in [3.8, 4) is 0 Å². The van der Waals surface area contributed by atoms with E-state index in [1.54, 1.807) is 19.0 Å². The molecule has 7 heteroatoms. The smallest absolute Gasteiger partial charge is 0.243 e. The largest absolute Gasteiger partial charge is 0.356 e. The first-order chi connectivity index (χ1) is 10.8. The number of aliphatic imine (C=N–C) groups is 1. The van der Waals surface area contributed by atoms with Crippen LogP contribution in [0.2, 0.25) is 0 Å². The van der Waals surface area contributed by atoms with Crippen LogP contribution in [0.3, 0.4) is 0 Å². The lowest BCUT2D eigenvalue weighted by atomic mass is 10.2. The third kappa shape index (κ3) is 11.9. The van der Waals surface area contributed by atoms with E-state index in [1.165, 1.54) is 0 Å². The monoisotopic (exact) mass is 455 g/mol. The lowest BCUT2D eigenvalue weighted by Gasteiger charge is -2.30. The Morgan fingerprint density at radius 2 is 1.58 bits per heavy atom. The molecule has 1 amide bonds. The number of hydrogen-bond acceptors (Lipinski definition) is 3. The Bertz CT molecular complexity index is 351. The van der Waals surface area contributed by atoms with Crippen LogP contribution in [0.25, 0.3) is 0 Å². The van der Waals surface area contributed by atoms with E-state index in [0.717, 1.165) is 38.4 Å². The van der Waals surface area contributed by atoms with Crippen molar-refractivity contribution in [1.82, 2.24) is 20.4 Å². The SMILES string of the molecule is CCCNC(=NCC(=O)N(C)C)NCCCN(C(C)C)C(C)C.I. The zero-order valence-corrected chi connectivity index (χ0v) is 18.9. The molecule has 24 heavy (non-hydrogen) atoms. The highest BCUT2D eigenvalue weighted by Gasteiger charge is 2.12. The van der Waals surface area contributed by atoms with Gasteiger partial charge in [0.15, 0.2) is 5.96 Å². The van der Waals surface area contributed by atoms with E-state index in [-0.39, 0.29) is 36.4 Å². The number of rotatable bonds is 10. The van der Waals surface area contributed by atoms with Gasteiger partial charge in [-0.05, 0) is 40.5 Å². The summed E-state index contributed by atoms with van der Waals surface area (Å²) < 4.78 is 0. The number of nitrogens with one attached hydrogen (secondary N) is 2. The fraction of sp³-hybridized carbons (Fsp3) is 0.882. The Hall–Kier alpha value is -0.570. The van der Waals surface area contributed by atoms with Crippen LogP contribution >= 0.6 is 24.0 Å². The molecule has 0 atom stereocenters. The van der Waals surface area contributed by atoms with Crippen molar-refractivity contribution < 1.29 is 4.79 Å². The normalized spacial score (nSPS) is 11.7. The minimum atomic E-state index is 0. The second-order valence-electron chi connectivity index (χ2n) is 6.59. The number of hydrogen-bond donors (Lipinski definition) is 2. The molecular weight excluding hydrogens is 417 g/mol. The van der Waals surface area contributed by atoms with Crippen LogP contribution in [0.5, 0.6) is 0 Å². The van der Waals surface area contributed by atoms with Gasteiger partial charge in [-0.15, -0.1) is 24.0 Å². The van der Waals surface area contributed by atoms with E-state index in [1.807, 2.05) is 0 Å². The summed E-state index contributed by atoms with van der Waals surface area (Å²) in [6.07, 6.45) is 2.07. The van der Waals surface area contributed by atoms with Gasteiger partial charge in [0, 0.05) is 45.8 Å². The molecule has 0 bridgehead atoms. The molecule has 0 aliphatic rings. The first-order valence-corrected chi connectivity index (χ1v) is 8.77. The zero-order valence-electron chi connectivity index (χ0n) is 16.6. The highest BCUT2D eigenvalue weighted by Crippen LogP contribution is 2.05. The van der Waals surface area contributed by atoms with Gasteiger partial charge in [0.2, 0.25) is 5.91 Å². The summed E-state index contributed by atoms with van der Waals surface area (Å²) in [4.78, 5) is 20.0. The maximum absolute atomic E-state index is 11.6. The molecular formula is C17H38IN5O. The number of guanidine groups is 1. The molecule has 0 aliphatic heterocycles. The molecule has 2 N–H and O–H groups in total. The summed E-state index contributed by atoms with van der Waals surface area (Å²) in [5.74, 6) is 0.732. The summed E-state index contributed by atoms with van der Waals surface area (Å²) in [5.41, 5.74) is 0. The second-order valence-corrected chi connectivity index (χ2v) is 6.59. The van der Waals surface area contributed by atoms with E-state index < -0.39 is 0 Å². The lowest BCUT2D eigenvalue weighted by molar-refractivity contribution is -0.127. The van der Waals surface area contributed by atoms with E-state index in [0.29, 0.717) is 12.1 Å². The van der Waals surface area contributed by atoms with Gasteiger partial charge in [0.05, 0.1) is 0 Å². The molecule has 0 saturated heterocycles. The fourth-order valence-corrected chi connectivity index (χ4v) is 2.29. The van der Waals surface area contributed by atoms with E-state index in [9.17, 15) is 4.79 Å². The predicted molar refractivity (Wildman–Crippen MR) is 114 cm³/mol. The molecule has 0 heterocycles. The molecule has 0 aromatic rings. The molecule has 144 valence electrons. The van der Waals surface area contributed by atoms with Gasteiger partial charge < -0.3 is 15.5 Å². The summed E-state index contributed by atoms with van der Waals surface area (Å²) in [5, 5.41) is 6.58. The van der Waals surface area contributed by atoms with Crippen LogP contribution in [0.1, 0.15) is 47.5 Å². The van der Waals surface area contributed by atoms with Crippen LogP contribution in [-0.4, -0.2) is 74.0 Å². The predicted octanol–water partition coefficient (Wildman–Crippen LogP) is 2.15. The van der Waals surface area contributed by atoms with Crippen LogP contribution in [0, 0.1) is 0 Å². The van der Waals surface area contributed by atoms with Crippen molar-refractivity contribution in [2.45, 2.75) is 59.5 Å². The lowest BCUT2D eigenvalue weighted by Crippen LogP contribution is -2.42. The molecule has 6 nitrogen and oxygen atoms in total. The van der Waals surface area contributed by atoms with Crippen LogP contribution in [0.4, 0.5) is 0 Å². The molecule has 0 aliphatic carbocycles. The van der Waals surface area contributed by atoms with Crippen LogP contribution in [0.15, 0.2) is 4.99 Å². The molecule has 0 unspecified atom stereocenters. The number of halogens is 1. The third-order valence-corrected chi connectivity index (χ3v) is 3.63. The van der Waals surface area contributed by atoms with Gasteiger partial charge in [-0.2, -0.15) is 0 Å². The van der Waals surface area contributed by atoms with Gasteiger partial charge >= 0.3 is 0 Å². The molecule has 0 aromatic heterocycles. The van der Waals surface area contributed by atoms with Crippen molar-refractivity contribution in [3.63, 3.8) is 0 Å². The summed E-state index contributed by atoms with van der Waals surface area (Å²) in [7, 11) is 3.49. The van der Waals surface area contributed by atoms with Gasteiger partial charge in [0.1, 0.15) is 6.54 Å². The third-order valence-electron chi connectivity index (χ3n) is 3.63. The standard InChI is InChI=1S/C17H37N5O.HI/c1-8-10-18-17(20-13-16(23)21(6)7)19-11-9-12-22(14(2)3)15(4)5;/h14-15H,8-13H2,1-7H3,(H2,18,19,20);1H. The van der Waals surface area contributed by atoms with E-state index in [4.69, 9.17) is 0 Å². The maximum atomic E-state index is 11.6. The number of amides is 1. The van der Waals surface area contributed by atoms with Gasteiger partial charge in [-0.25, -0.2) is 4.99 Å². The first kappa shape index (κ1) is 25.7. The Morgan fingerprint density at radius 3 is 2.04 bits per heavy atom.